The number of amides is 2. The molecule has 6 heteroatoms. The Kier molecular flexibility index (Phi) is 8.62. The fraction of sp³-hybridized carbons (Fsp3) is 0.867. The Balaban J connectivity index is 2.00. The van der Waals surface area contributed by atoms with Crippen molar-refractivity contribution in [2.24, 2.45) is 0 Å². The van der Waals surface area contributed by atoms with Gasteiger partial charge in [0.1, 0.15) is 6.10 Å². The first kappa shape index (κ1) is 17.6. The highest BCUT2D eigenvalue weighted by Crippen LogP contribution is 2.13. The zero-order chi connectivity index (χ0) is 15.5. The van der Waals surface area contributed by atoms with E-state index in [2.05, 4.69) is 12.2 Å². The normalized spacial score (nSPS) is 15.8. The maximum absolute atomic E-state index is 11.6. The summed E-state index contributed by atoms with van der Waals surface area (Å²) >= 11 is 0. The third kappa shape index (κ3) is 7.78. The van der Waals surface area contributed by atoms with Gasteiger partial charge in [0.2, 0.25) is 0 Å². The lowest BCUT2D eigenvalue weighted by Gasteiger charge is -2.29. The van der Waals surface area contributed by atoms with Crippen LogP contribution >= 0.6 is 0 Å². The summed E-state index contributed by atoms with van der Waals surface area (Å²) in [6.45, 7) is 3.72. The molecular weight excluding hydrogens is 272 g/mol. The molecule has 6 nitrogen and oxygen atoms in total. The van der Waals surface area contributed by atoms with Crippen LogP contribution in [-0.2, 0) is 4.74 Å². The molecule has 0 atom stereocenters. The number of likely N-dealkylation sites (tertiary alicyclic amines) is 1. The molecule has 0 bridgehead atoms. The van der Waals surface area contributed by atoms with E-state index in [-0.39, 0.29) is 12.2 Å². The molecule has 1 rings (SSSR count). The third-order valence-electron chi connectivity index (χ3n) is 3.79. The number of unbranched alkanes of at least 4 members (excludes halogenated alkanes) is 5. The average Bonchev–Trinajstić information content (AvgIpc) is 2.47. The minimum atomic E-state index is -0.902. The molecule has 0 aliphatic carbocycles. The van der Waals surface area contributed by atoms with Gasteiger partial charge in [-0.1, -0.05) is 39.0 Å². The third-order valence-corrected chi connectivity index (χ3v) is 3.79. The van der Waals surface area contributed by atoms with Crippen molar-refractivity contribution in [1.29, 1.82) is 0 Å². The summed E-state index contributed by atoms with van der Waals surface area (Å²) < 4.78 is 5.29. The van der Waals surface area contributed by atoms with Crippen molar-refractivity contribution >= 4 is 12.2 Å². The molecule has 0 unspecified atom stereocenters. The van der Waals surface area contributed by atoms with Gasteiger partial charge in [-0.05, 0) is 6.42 Å². The molecule has 2 amide bonds. The number of carbonyl (C=O) groups excluding carboxylic acids is 1. The van der Waals surface area contributed by atoms with Gasteiger partial charge in [0.25, 0.3) is 0 Å². The largest absolute Gasteiger partial charge is 0.465 e. The molecule has 0 radical (unpaired) electrons. The quantitative estimate of drug-likeness (QED) is 0.675. The molecule has 1 aliphatic rings. The monoisotopic (exact) mass is 300 g/mol. The van der Waals surface area contributed by atoms with E-state index in [0.29, 0.717) is 32.5 Å². The molecule has 0 spiro atoms. The zero-order valence-electron chi connectivity index (χ0n) is 13.0. The highest BCUT2D eigenvalue weighted by atomic mass is 16.6. The van der Waals surface area contributed by atoms with Crippen LogP contribution in [0.3, 0.4) is 0 Å². The maximum Gasteiger partial charge on any atom is 0.407 e. The second kappa shape index (κ2) is 10.3. The Morgan fingerprint density at radius 1 is 1.14 bits per heavy atom. The van der Waals surface area contributed by atoms with Gasteiger partial charge in [-0.25, -0.2) is 9.59 Å². The van der Waals surface area contributed by atoms with E-state index < -0.39 is 6.09 Å². The Bertz CT molecular complexity index is 315. The lowest BCUT2D eigenvalue weighted by molar-refractivity contribution is 0.0511. The van der Waals surface area contributed by atoms with Crippen LogP contribution in [-0.4, -0.2) is 47.9 Å². The minimum Gasteiger partial charge on any atom is -0.465 e. The molecule has 0 saturated carbocycles. The fourth-order valence-electron chi connectivity index (χ4n) is 2.45. The summed E-state index contributed by atoms with van der Waals surface area (Å²) in [6, 6.07) is 0. The number of nitrogens with zero attached hydrogens (tertiary/aromatic N) is 1. The topological polar surface area (TPSA) is 78.9 Å². The van der Waals surface area contributed by atoms with Gasteiger partial charge in [-0.15, -0.1) is 0 Å². The summed E-state index contributed by atoms with van der Waals surface area (Å²) in [5, 5.41) is 11.6. The van der Waals surface area contributed by atoms with Gasteiger partial charge in [0.05, 0.1) is 0 Å². The Labute approximate surface area is 126 Å². The van der Waals surface area contributed by atoms with Crippen LogP contribution < -0.4 is 5.32 Å². The molecule has 2 N–H and O–H groups in total. The number of carbonyl (C=O) groups is 2. The van der Waals surface area contributed by atoms with Crippen LogP contribution in [0.2, 0.25) is 0 Å². The maximum atomic E-state index is 11.6. The Morgan fingerprint density at radius 2 is 1.76 bits per heavy atom. The number of nitrogens with one attached hydrogen (secondary N) is 1. The van der Waals surface area contributed by atoms with Crippen molar-refractivity contribution in [2.75, 3.05) is 19.6 Å². The summed E-state index contributed by atoms with van der Waals surface area (Å²) in [5.41, 5.74) is 0. The van der Waals surface area contributed by atoms with Crippen molar-refractivity contribution in [1.82, 2.24) is 10.2 Å². The second-order valence-electron chi connectivity index (χ2n) is 5.57. The Hall–Kier alpha value is -1.46. The SMILES string of the molecule is CCCCCCCCNC(=O)OC1CCN(C(=O)O)CC1. The van der Waals surface area contributed by atoms with E-state index >= 15 is 0 Å². The predicted molar refractivity (Wildman–Crippen MR) is 80.5 cm³/mol. The lowest BCUT2D eigenvalue weighted by Crippen LogP contribution is -2.41. The molecule has 0 aromatic rings. The van der Waals surface area contributed by atoms with Crippen LogP contribution in [0.4, 0.5) is 9.59 Å². The highest BCUT2D eigenvalue weighted by Gasteiger charge is 2.24. The second-order valence-corrected chi connectivity index (χ2v) is 5.57. The van der Waals surface area contributed by atoms with Crippen molar-refractivity contribution in [3.05, 3.63) is 0 Å². The van der Waals surface area contributed by atoms with Crippen LogP contribution in [0.5, 0.6) is 0 Å². The summed E-state index contributed by atoms with van der Waals surface area (Å²) in [4.78, 5) is 23.7. The summed E-state index contributed by atoms with van der Waals surface area (Å²) in [7, 11) is 0. The lowest BCUT2D eigenvalue weighted by atomic mass is 10.1. The van der Waals surface area contributed by atoms with E-state index in [0.717, 1.165) is 12.8 Å². The number of ether oxygens (including phenoxy) is 1. The molecule has 1 aliphatic heterocycles. The van der Waals surface area contributed by atoms with Crippen LogP contribution in [0.25, 0.3) is 0 Å². The molecule has 1 fully saturated rings. The van der Waals surface area contributed by atoms with E-state index in [1.165, 1.54) is 30.6 Å². The van der Waals surface area contributed by atoms with E-state index in [4.69, 9.17) is 9.84 Å². The number of hydrogen-bond donors (Lipinski definition) is 2. The van der Waals surface area contributed by atoms with Crippen molar-refractivity contribution < 1.29 is 19.4 Å². The van der Waals surface area contributed by atoms with Gasteiger partial charge in [-0.3, -0.25) is 0 Å². The molecule has 0 aromatic heterocycles. The van der Waals surface area contributed by atoms with Crippen LogP contribution in [0.15, 0.2) is 0 Å². The van der Waals surface area contributed by atoms with Crippen molar-refractivity contribution in [3.63, 3.8) is 0 Å². The smallest absolute Gasteiger partial charge is 0.407 e. The average molecular weight is 300 g/mol. The van der Waals surface area contributed by atoms with Gasteiger partial charge in [0, 0.05) is 32.5 Å². The van der Waals surface area contributed by atoms with Gasteiger partial charge >= 0.3 is 12.2 Å². The number of hydrogen-bond acceptors (Lipinski definition) is 3. The number of alkyl carbamates (subject to hydrolysis) is 1. The number of rotatable bonds is 8. The van der Waals surface area contributed by atoms with Gasteiger partial charge < -0.3 is 20.1 Å². The molecule has 122 valence electrons. The van der Waals surface area contributed by atoms with Crippen molar-refractivity contribution in [3.8, 4) is 0 Å². The predicted octanol–water partition coefficient (Wildman–Crippen LogP) is 3.22. The molecular formula is C15H28N2O4. The first-order valence-electron chi connectivity index (χ1n) is 8.05. The van der Waals surface area contributed by atoms with Crippen LogP contribution in [0, 0.1) is 0 Å². The first-order chi connectivity index (χ1) is 10.1. The van der Waals surface area contributed by atoms with E-state index in [9.17, 15) is 9.59 Å². The first-order valence-corrected chi connectivity index (χ1v) is 8.05. The molecule has 1 saturated heterocycles. The molecule has 0 aromatic carbocycles. The standard InChI is InChI=1S/C15H28N2O4/c1-2-3-4-5-6-7-10-16-14(18)21-13-8-11-17(12-9-13)15(19)20/h13H,2-12H2,1H3,(H,16,18)(H,19,20). The number of piperidine rings is 1. The summed E-state index contributed by atoms with van der Waals surface area (Å²) in [5.74, 6) is 0. The number of carboxylic acid groups (broad SMARTS) is 1. The van der Waals surface area contributed by atoms with Crippen molar-refractivity contribution in [2.45, 2.75) is 64.4 Å². The van der Waals surface area contributed by atoms with Gasteiger partial charge in [-0.2, -0.15) is 0 Å². The molecule has 21 heavy (non-hydrogen) atoms. The zero-order valence-corrected chi connectivity index (χ0v) is 13.0. The Morgan fingerprint density at radius 3 is 2.38 bits per heavy atom. The highest BCUT2D eigenvalue weighted by molar-refractivity contribution is 5.67. The van der Waals surface area contributed by atoms with Crippen LogP contribution in [0.1, 0.15) is 58.3 Å². The summed E-state index contributed by atoms with van der Waals surface area (Å²) in [6.07, 6.45) is 6.85. The minimum absolute atomic E-state index is 0.162. The fourth-order valence-corrected chi connectivity index (χ4v) is 2.45. The van der Waals surface area contributed by atoms with E-state index in [1.807, 2.05) is 0 Å². The molecule has 1 heterocycles. The van der Waals surface area contributed by atoms with Gasteiger partial charge in [0.15, 0.2) is 0 Å². The van der Waals surface area contributed by atoms with E-state index in [1.54, 1.807) is 0 Å².